The topological polar surface area (TPSA) is 32.7 Å². The number of ether oxygens (including phenoxy) is 1. The second-order valence-electron chi connectivity index (χ2n) is 5.85. The summed E-state index contributed by atoms with van der Waals surface area (Å²) in [6, 6.07) is 6.29. The summed E-state index contributed by atoms with van der Waals surface area (Å²) in [6.45, 7) is 9.66. The summed E-state index contributed by atoms with van der Waals surface area (Å²) in [5.41, 5.74) is 3.43. The van der Waals surface area contributed by atoms with Crippen molar-refractivity contribution in [3.63, 3.8) is 0 Å². The zero-order chi connectivity index (χ0) is 14.5. The average Bonchev–Trinajstić information content (AvgIpc) is 2.42. The number of β-amino-alcohol motifs (C(OH)–C–C–N with tert-alkyl or cyclic N) is 1. The Bertz CT molecular complexity index is 431. The van der Waals surface area contributed by atoms with E-state index in [1.54, 1.807) is 0 Å². The lowest BCUT2D eigenvalue weighted by atomic mass is 9.99. The van der Waals surface area contributed by atoms with Crippen molar-refractivity contribution < 1.29 is 9.84 Å². The Kier molecular flexibility index (Phi) is 5.58. The Morgan fingerprint density at radius 3 is 2.95 bits per heavy atom. The number of benzene rings is 1. The van der Waals surface area contributed by atoms with Gasteiger partial charge in [0.15, 0.2) is 0 Å². The van der Waals surface area contributed by atoms with Gasteiger partial charge in [0.1, 0.15) is 0 Å². The van der Waals surface area contributed by atoms with Crippen molar-refractivity contribution >= 4 is 0 Å². The van der Waals surface area contributed by atoms with E-state index in [1.165, 1.54) is 11.1 Å². The summed E-state index contributed by atoms with van der Waals surface area (Å²) < 4.78 is 5.72. The predicted octanol–water partition coefficient (Wildman–Crippen LogP) is 2.84. The maximum Gasteiger partial charge on any atom is 0.0919 e. The maximum atomic E-state index is 10.5. The third-order valence-corrected chi connectivity index (χ3v) is 4.09. The van der Waals surface area contributed by atoms with E-state index in [9.17, 15) is 5.11 Å². The number of rotatable bonds is 5. The van der Waals surface area contributed by atoms with Gasteiger partial charge in [-0.25, -0.2) is 0 Å². The molecule has 0 amide bonds. The van der Waals surface area contributed by atoms with E-state index in [2.05, 4.69) is 36.9 Å². The quantitative estimate of drug-likeness (QED) is 0.898. The summed E-state index contributed by atoms with van der Waals surface area (Å²) in [6.07, 6.45) is 2.23. The highest BCUT2D eigenvalue weighted by Crippen LogP contribution is 2.22. The molecule has 0 bridgehead atoms. The SMILES string of the molecule is CCOC1CCCN(CC(O)c2cc(C)ccc2C)C1. The van der Waals surface area contributed by atoms with Crippen LogP contribution in [0.2, 0.25) is 0 Å². The minimum absolute atomic E-state index is 0.333. The van der Waals surface area contributed by atoms with E-state index >= 15 is 0 Å². The highest BCUT2D eigenvalue weighted by atomic mass is 16.5. The molecule has 1 aliphatic rings. The number of hydrogen-bond acceptors (Lipinski definition) is 3. The van der Waals surface area contributed by atoms with Crippen LogP contribution in [-0.4, -0.2) is 42.4 Å². The van der Waals surface area contributed by atoms with E-state index in [0.29, 0.717) is 12.6 Å². The standard InChI is InChI=1S/C17H27NO2/c1-4-20-15-6-5-9-18(11-15)12-17(19)16-10-13(2)7-8-14(16)3/h7-8,10,15,17,19H,4-6,9,11-12H2,1-3H3. The normalized spacial score (nSPS) is 21.9. The van der Waals surface area contributed by atoms with Crippen LogP contribution in [0.15, 0.2) is 18.2 Å². The molecule has 3 heteroatoms. The Balaban J connectivity index is 1.96. The molecule has 1 N–H and O–H groups in total. The number of aryl methyl sites for hydroxylation is 2. The first-order chi connectivity index (χ1) is 9.60. The van der Waals surface area contributed by atoms with Crippen LogP contribution in [0.1, 0.15) is 42.6 Å². The first kappa shape index (κ1) is 15.5. The van der Waals surface area contributed by atoms with E-state index in [0.717, 1.165) is 38.1 Å². The van der Waals surface area contributed by atoms with Crippen LogP contribution in [0, 0.1) is 13.8 Å². The summed E-state index contributed by atoms with van der Waals surface area (Å²) in [5, 5.41) is 10.5. The molecule has 0 radical (unpaired) electrons. The lowest BCUT2D eigenvalue weighted by Crippen LogP contribution is -2.41. The second kappa shape index (κ2) is 7.21. The smallest absolute Gasteiger partial charge is 0.0919 e. The van der Waals surface area contributed by atoms with Gasteiger partial charge in [-0.2, -0.15) is 0 Å². The van der Waals surface area contributed by atoms with Gasteiger partial charge in [0.2, 0.25) is 0 Å². The molecule has 20 heavy (non-hydrogen) atoms. The molecule has 3 nitrogen and oxygen atoms in total. The number of aliphatic hydroxyl groups excluding tert-OH is 1. The molecule has 1 aromatic carbocycles. The van der Waals surface area contributed by atoms with Crippen LogP contribution < -0.4 is 0 Å². The molecule has 1 heterocycles. The largest absolute Gasteiger partial charge is 0.387 e. The molecule has 1 saturated heterocycles. The van der Waals surface area contributed by atoms with Crippen LogP contribution in [-0.2, 0) is 4.74 Å². The lowest BCUT2D eigenvalue weighted by Gasteiger charge is -2.34. The minimum Gasteiger partial charge on any atom is -0.387 e. The van der Waals surface area contributed by atoms with E-state index in [4.69, 9.17) is 4.74 Å². The van der Waals surface area contributed by atoms with Gasteiger partial charge in [0.25, 0.3) is 0 Å². The highest BCUT2D eigenvalue weighted by molar-refractivity contribution is 5.32. The van der Waals surface area contributed by atoms with E-state index < -0.39 is 6.10 Å². The number of likely N-dealkylation sites (tertiary alicyclic amines) is 1. The maximum absolute atomic E-state index is 10.5. The first-order valence-corrected chi connectivity index (χ1v) is 7.69. The van der Waals surface area contributed by atoms with Gasteiger partial charge in [0.05, 0.1) is 12.2 Å². The van der Waals surface area contributed by atoms with Gasteiger partial charge in [-0.15, -0.1) is 0 Å². The van der Waals surface area contributed by atoms with Gasteiger partial charge >= 0.3 is 0 Å². The van der Waals surface area contributed by atoms with Gasteiger partial charge < -0.3 is 9.84 Å². The molecule has 2 rings (SSSR count). The summed E-state index contributed by atoms with van der Waals surface area (Å²) in [4.78, 5) is 2.33. The van der Waals surface area contributed by atoms with Gasteiger partial charge in [0, 0.05) is 19.7 Å². The number of piperidine rings is 1. The molecule has 0 saturated carbocycles. The van der Waals surface area contributed by atoms with Crippen LogP contribution >= 0.6 is 0 Å². The summed E-state index contributed by atoms with van der Waals surface area (Å²) in [7, 11) is 0. The number of nitrogens with zero attached hydrogens (tertiary/aromatic N) is 1. The molecule has 0 aliphatic carbocycles. The molecule has 1 fully saturated rings. The second-order valence-corrected chi connectivity index (χ2v) is 5.85. The number of aliphatic hydroxyl groups is 1. The molecule has 0 spiro atoms. The summed E-state index contributed by atoms with van der Waals surface area (Å²) >= 11 is 0. The van der Waals surface area contributed by atoms with E-state index in [1.807, 2.05) is 6.92 Å². The molecule has 2 unspecified atom stereocenters. The van der Waals surface area contributed by atoms with Gasteiger partial charge in [-0.1, -0.05) is 23.8 Å². The first-order valence-electron chi connectivity index (χ1n) is 7.69. The van der Waals surface area contributed by atoms with Crippen LogP contribution in [0.4, 0.5) is 0 Å². The van der Waals surface area contributed by atoms with Crippen LogP contribution in [0.5, 0.6) is 0 Å². The van der Waals surface area contributed by atoms with Crippen molar-refractivity contribution in [3.05, 3.63) is 34.9 Å². The van der Waals surface area contributed by atoms with Crippen molar-refractivity contribution in [2.24, 2.45) is 0 Å². The Morgan fingerprint density at radius 1 is 1.40 bits per heavy atom. The minimum atomic E-state index is -0.407. The van der Waals surface area contributed by atoms with Gasteiger partial charge in [-0.05, 0) is 51.3 Å². The van der Waals surface area contributed by atoms with Crippen LogP contribution in [0.25, 0.3) is 0 Å². The van der Waals surface area contributed by atoms with Gasteiger partial charge in [-0.3, -0.25) is 4.90 Å². The predicted molar refractivity (Wildman–Crippen MR) is 82.0 cm³/mol. The van der Waals surface area contributed by atoms with Crippen molar-refractivity contribution in [2.45, 2.75) is 45.8 Å². The highest BCUT2D eigenvalue weighted by Gasteiger charge is 2.23. The summed E-state index contributed by atoms with van der Waals surface area (Å²) in [5.74, 6) is 0. The molecule has 2 atom stereocenters. The van der Waals surface area contributed by atoms with Crippen molar-refractivity contribution in [3.8, 4) is 0 Å². The number of hydrogen-bond donors (Lipinski definition) is 1. The van der Waals surface area contributed by atoms with Crippen molar-refractivity contribution in [2.75, 3.05) is 26.2 Å². The van der Waals surface area contributed by atoms with E-state index in [-0.39, 0.29) is 0 Å². The lowest BCUT2D eigenvalue weighted by molar-refractivity contribution is -0.00711. The molecule has 1 aromatic rings. The van der Waals surface area contributed by atoms with Crippen molar-refractivity contribution in [1.82, 2.24) is 4.90 Å². The third-order valence-electron chi connectivity index (χ3n) is 4.09. The molecular formula is C17H27NO2. The van der Waals surface area contributed by atoms with Crippen molar-refractivity contribution in [1.29, 1.82) is 0 Å². The Hall–Kier alpha value is -0.900. The monoisotopic (exact) mass is 277 g/mol. The molecular weight excluding hydrogens is 250 g/mol. The zero-order valence-electron chi connectivity index (χ0n) is 12.9. The fourth-order valence-electron chi connectivity index (χ4n) is 3.01. The fraction of sp³-hybridized carbons (Fsp3) is 0.647. The third kappa shape index (κ3) is 4.05. The fourth-order valence-corrected chi connectivity index (χ4v) is 3.01. The molecule has 1 aliphatic heterocycles. The Labute approximate surface area is 122 Å². The van der Waals surface area contributed by atoms with Crippen LogP contribution in [0.3, 0.4) is 0 Å². The Morgan fingerprint density at radius 2 is 2.20 bits per heavy atom. The molecule has 112 valence electrons. The zero-order valence-corrected chi connectivity index (χ0v) is 12.9. The molecule has 0 aromatic heterocycles. The average molecular weight is 277 g/mol.